The van der Waals surface area contributed by atoms with Gasteiger partial charge in [-0.3, -0.25) is 0 Å². The predicted octanol–water partition coefficient (Wildman–Crippen LogP) is 5.19. The summed E-state index contributed by atoms with van der Waals surface area (Å²) < 4.78 is 0. The molecule has 0 bridgehead atoms. The number of anilines is 3. The quantitative estimate of drug-likeness (QED) is 0.806. The lowest BCUT2D eigenvalue weighted by Gasteiger charge is -2.14. The van der Waals surface area contributed by atoms with Gasteiger partial charge in [0, 0.05) is 17.8 Å². The molecule has 2 N–H and O–H groups in total. The second-order valence-corrected chi connectivity index (χ2v) is 6.36. The average Bonchev–Trinajstić information content (AvgIpc) is 2.96. The summed E-state index contributed by atoms with van der Waals surface area (Å²) in [6, 6.07) is 7.91. The fourth-order valence-electron chi connectivity index (χ4n) is 2.70. The first-order chi connectivity index (χ1) is 10.6. The Morgan fingerprint density at radius 3 is 2.68 bits per heavy atom. The molecule has 0 atom stereocenters. The Hall–Kier alpha value is -1.52. The molecule has 0 amide bonds. The summed E-state index contributed by atoms with van der Waals surface area (Å²) in [5.41, 5.74) is 1.60. The number of aromatic nitrogens is 2. The van der Waals surface area contributed by atoms with E-state index in [2.05, 4.69) is 20.6 Å². The Morgan fingerprint density at radius 2 is 1.91 bits per heavy atom. The summed E-state index contributed by atoms with van der Waals surface area (Å²) in [4.78, 5) is 8.94. The van der Waals surface area contributed by atoms with Crippen LogP contribution in [0, 0.1) is 6.92 Å². The molecule has 1 aromatic carbocycles. The van der Waals surface area contributed by atoms with Crippen molar-refractivity contribution in [3.63, 3.8) is 0 Å². The molecule has 0 aliphatic heterocycles. The summed E-state index contributed by atoms with van der Waals surface area (Å²) in [5, 5.41) is 7.60. The third-order valence-electron chi connectivity index (χ3n) is 3.76. The van der Waals surface area contributed by atoms with Gasteiger partial charge in [0.2, 0.25) is 5.95 Å². The van der Waals surface area contributed by atoms with Crippen LogP contribution in [-0.4, -0.2) is 16.0 Å². The van der Waals surface area contributed by atoms with Gasteiger partial charge in [0.25, 0.3) is 0 Å². The molecule has 116 valence electrons. The van der Waals surface area contributed by atoms with E-state index in [0.29, 0.717) is 27.7 Å². The molecular formula is C16H18Cl2N4. The zero-order valence-corrected chi connectivity index (χ0v) is 13.9. The van der Waals surface area contributed by atoms with Crippen molar-refractivity contribution < 1.29 is 0 Å². The molecule has 1 aliphatic rings. The molecule has 0 saturated heterocycles. The van der Waals surface area contributed by atoms with Crippen molar-refractivity contribution in [2.45, 2.75) is 38.6 Å². The molecule has 1 heterocycles. The van der Waals surface area contributed by atoms with Crippen LogP contribution in [0.4, 0.5) is 17.5 Å². The molecule has 4 nitrogen and oxygen atoms in total. The second-order valence-electron chi connectivity index (χ2n) is 5.57. The first kappa shape index (κ1) is 15.4. The first-order valence-corrected chi connectivity index (χ1v) is 8.20. The highest BCUT2D eigenvalue weighted by molar-refractivity contribution is 6.43. The highest BCUT2D eigenvalue weighted by Gasteiger charge is 2.16. The van der Waals surface area contributed by atoms with Crippen LogP contribution in [0.5, 0.6) is 0 Å². The van der Waals surface area contributed by atoms with Crippen molar-refractivity contribution in [2.75, 3.05) is 10.6 Å². The normalized spacial score (nSPS) is 15.0. The van der Waals surface area contributed by atoms with Gasteiger partial charge in [-0.05, 0) is 31.9 Å². The van der Waals surface area contributed by atoms with Crippen LogP contribution in [0.3, 0.4) is 0 Å². The molecule has 22 heavy (non-hydrogen) atoms. The zero-order chi connectivity index (χ0) is 15.5. The van der Waals surface area contributed by atoms with E-state index in [-0.39, 0.29) is 0 Å². The number of nitrogens with one attached hydrogen (secondary N) is 2. The Balaban J connectivity index is 1.81. The molecule has 0 spiro atoms. The molecule has 2 aromatic rings. The molecule has 1 aliphatic carbocycles. The third kappa shape index (κ3) is 3.62. The third-order valence-corrected chi connectivity index (χ3v) is 4.58. The minimum absolute atomic E-state index is 0.472. The maximum absolute atomic E-state index is 6.19. The fraction of sp³-hybridized carbons (Fsp3) is 0.375. The lowest BCUT2D eigenvalue weighted by Crippen LogP contribution is -2.16. The van der Waals surface area contributed by atoms with Gasteiger partial charge in [-0.15, -0.1) is 0 Å². The largest absolute Gasteiger partial charge is 0.367 e. The molecule has 0 unspecified atom stereocenters. The molecule has 6 heteroatoms. The summed E-state index contributed by atoms with van der Waals surface area (Å²) >= 11 is 12.2. The summed E-state index contributed by atoms with van der Waals surface area (Å²) in [7, 11) is 0. The van der Waals surface area contributed by atoms with Gasteiger partial charge in [-0.1, -0.05) is 42.1 Å². The smallest absolute Gasteiger partial charge is 0.229 e. The predicted molar refractivity (Wildman–Crippen MR) is 92.4 cm³/mol. The second kappa shape index (κ2) is 6.71. The van der Waals surface area contributed by atoms with E-state index < -0.39 is 0 Å². The van der Waals surface area contributed by atoms with Gasteiger partial charge >= 0.3 is 0 Å². The number of halogens is 2. The Kier molecular flexibility index (Phi) is 4.69. The fourth-order valence-corrected chi connectivity index (χ4v) is 3.05. The molecule has 1 aromatic heterocycles. The van der Waals surface area contributed by atoms with Crippen molar-refractivity contribution >= 4 is 40.7 Å². The summed E-state index contributed by atoms with van der Waals surface area (Å²) in [5.74, 6) is 1.37. The van der Waals surface area contributed by atoms with Gasteiger partial charge in [0.05, 0.1) is 15.7 Å². The highest BCUT2D eigenvalue weighted by Crippen LogP contribution is 2.31. The zero-order valence-electron chi connectivity index (χ0n) is 12.4. The lowest BCUT2D eigenvalue weighted by molar-refractivity contribution is 0.749. The summed E-state index contributed by atoms with van der Waals surface area (Å²) in [6.45, 7) is 1.95. The van der Waals surface area contributed by atoms with Crippen LogP contribution in [0.1, 0.15) is 31.4 Å². The Bertz CT molecular complexity index is 669. The van der Waals surface area contributed by atoms with Crippen molar-refractivity contribution in [3.05, 3.63) is 40.0 Å². The van der Waals surface area contributed by atoms with Crippen molar-refractivity contribution in [1.82, 2.24) is 9.97 Å². The molecular weight excluding hydrogens is 319 g/mol. The maximum Gasteiger partial charge on any atom is 0.229 e. The van der Waals surface area contributed by atoms with Crippen LogP contribution < -0.4 is 10.6 Å². The van der Waals surface area contributed by atoms with E-state index in [0.717, 1.165) is 11.5 Å². The van der Waals surface area contributed by atoms with E-state index in [1.54, 1.807) is 6.07 Å². The van der Waals surface area contributed by atoms with Crippen molar-refractivity contribution in [1.29, 1.82) is 0 Å². The van der Waals surface area contributed by atoms with Gasteiger partial charge < -0.3 is 10.6 Å². The Morgan fingerprint density at radius 1 is 1.14 bits per heavy atom. The number of rotatable bonds is 4. The maximum atomic E-state index is 6.19. The van der Waals surface area contributed by atoms with E-state index in [1.807, 2.05) is 25.1 Å². The van der Waals surface area contributed by atoms with Gasteiger partial charge in [0.1, 0.15) is 5.82 Å². The number of nitrogens with zero attached hydrogens (tertiary/aromatic N) is 2. The highest BCUT2D eigenvalue weighted by atomic mass is 35.5. The van der Waals surface area contributed by atoms with Crippen LogP contribution in [0.15, 0.2) is 24.3 Å². The Labute approximate surface area is 140 Å². The van der Waals surface area contributed by atoms with Gasteiger partial charge in [-0.25, -0.2) is 4.98 Å². The minimum atomic E-state index is 0.472. The SMILES string of the molecule is Cc1cc(NC2CCCC2)nc(Nc2cccc(Cl)c2Cl)n1. The topological polar surface area (TPSA) is 49.8 Å². The van der Waals surface area contributed by atoms with Crippen LogP contribution >= 0.6 is 23.2 Å². The van der Waals surface area contributed by atoms with Gasteiger partial charge in [0.15, 0.2) is 0 Å². The van der Waals surface area contributed by atoms with E-state index in [4.69, 9.17) is 23.2 Å². The molecule has 0 radical (unpaired) electrons. The standard InChI is InChI=1S/C16H18Cl2N4/c1-10-9-14(20-11-5-2-3-6-11)22-16(19-10)21-13-8-4-7-12(17)15(13)18/h4,7-9,11H,2-3,5-6H2,1H3,(H2,19,20,21,22). The minimum Gasteiger partial charge on any atom is -0.367 e. The summed E-state index contributed by atoms with van der Waals surface area (Å²) in [6.07, 6.45) is 4.97. The van der Waals surface area contributed by atoms with Crippen LogP contribution in [0.25, 0.3) is 0 Å². The molecule has 3 rings (SSSR count). The average molecular weight is 337 g/mol. The van der Waals surface area contributed by atoms with Crippen LogP contribution in [0.2, 0.25) is 10.0 Å². The molecule has 1 saturated carbocycles. The number of hydrogen-bond donors (Lipinski definition) is 2. The van der Waals surface area contributed by atoms with Gasteiger partial charge in [-0.2, -0.15) is 4.98 Å². The number of hydrogen-bond acceptors (Lipinski definition) is 4. The lowest BCUT2D eigenvalue weighted by atomic mass is 10.2. The van der Waals surface area contributed by atoms with E-state index >= 15 is 0 Å². The van der Waals surface area contributed by atoms with Crippen molar-refractivity contribution in [3.8, 4) is 0 Å². The molecule has 1 fully saturated rings. The van der Waals surface area contributed by atoms with Crippen molar-refractivity contribution in [2.24, 2.45) is 0 Å². The number of benzene rings is 1. The van der Waals surface area contributed by atoms with Crippen LogP contribution in [-0.2, 0) is 0 Å². The monoisotopic (exact) mass is 336 g/mol. The number of aryl methyl sites for hydroxylation is 1. The first-order valence-electron chi connectivity index (χ1n) is 7.45. The van der Waals surface area contributed by atoms with E-state index in [9.17, 15) is 0 Å². The van der Waals surface area contributed by atoms with E-state index in [1.165, 1.54) is 25.7 Å².